The monoisotopic (exact) mass is 349 g/mol. The second kappa shape index (κ2) is 8.17. The predicted molar refractivity (Wildman–Crippen MR) is 96.5 cm³/mol. The molecule has 1 saturated heterocycles. The summed E-state index contributed by atoms with van der Waals surface area (Å²) in [5, 5.41) is 11.6. The van der Waals surface area contributed by atoms with Crippen molar-refractivity contribution in [3.05, 3.63) is 59.7 Å². The average Bonchev–Trinajstić information content (AvgIpc) is 3.11. The van der Waals surface area contributed by atoms with E-state index in [0.29, 0.717) is 24.3 Å². The third-order valence-corrected chi connectivity index (χ3v) is 4.14. The molecule has 3 rings (SSSR count). The Hall–Kier alpha value is -3.33. The smallest absolute Gasteiger partial charge is 0.258 e. The Labute approximate surface area is 152 Å². The number of nitrogens with zero attached hydrogens (tertiary/aromatic N) is 2. The van der Waals surface area contributed by atoms with Gasteiger partial charge in [0.15, 0.2) is 6.61 Å². The van der Waals surface area contributed by atoms with Gasteiger partial charge in [-0.3, -0.25) is 9.59 Å². The van der Waals surface area contributed by atoms with Gasteiger partial charge in [-0.05, 0) is 48.4 Å². The molecule has 0 radical (unpaired) electrons. The van der Waals surface area contributed by atoms with Gasteiger partial charge in [-0.1, -0.05) is 12.1 Å². The van der Waals surface area contributed by atoms with Gasteiger partial charge >= 0.3 is 0 Å². The summed E-state index contributed by atoms with van der Waals surface area (Å²) in [6.07, 6.45) is 1.48. The van der Waals surface area contributed by atoms with Crippen molar-refractivity contribution < 1.29 is 14.3 Å². The molecule has 1 fully saturated rings. The molecule has 1 aliphatic heterocycles. The molecule has 0 atom stereocenters. The largest absolute Gasteiger partial charge is 0.484 e. The van der Waals surface area contributed by atoms with Crippen LogP contribution in [0, 0.1) is 11.3 Å². The standard InChI is InChI=1S/C20H19N3O3/c21-12-15-3-1-4-16(11-15)13-22-19(24)14-26-18-8-6-17(7-9-18)23-10-2-5-20(23)25/h1,3-4,6-9,11H,2,5,10,13-14H2,(H,22,24). The van der Waals surface area contributed by atoms with Crippen LogP contribution in [-0.2, 0) is 16.1 Å². The van der Waals surface area contributed by atoms with Gasteiger partial charge in [0.1, 0.15) is 5.75 Å². The van der Waals surface area contributed by atoms with Crippen LogP contribution in [0.15, 0.2) is 48.5 Å². The number of benzene rings is 2. The van der Waals surface area contributed by atoms with Gasteiger partial charge in [-0.2, -0.15) is 5.26 Å². The summed E-state index contributed by atoms with van der Waals surface area (Å²) in [5.41, 5.74) is 2.27. The third kappa shape index (κ3) is 4.39. The quantitative estimate of drug-likeness (QED) is 0.868. The SMILES string of the molecule is N#Cc1cccc(CNC(=O)COc2ccc(N3CCCC3=O)cc2)c1. The van der Waals surface area contributed by atoms with Gasteiger partial charge in [-0.15, -0.1) is 0 Å². The van der Waals surface area contributed by atoms with E-state index in [1.54, 1.807) is 35.2 Å². The zero-order chi connectivity index (χ0) is 18.4. The highest BCUT2D eigenvalue weighted by Gasteiger charge is 2.21. The molecule has 26 heavy (non-hydrogen) atoms. The number of carbonyl (C=O) groups excluding carboxylic acids is 2. The van der Waals surface area contributed by atoms with Crippen LogP contribution in [0.1, 0.15) is 24.0 Å². The van der Waals surface area contributed by atoms with E-state index in [1.165, 1.54) is 0 Å². The van der Waals surface area contributed by atoms with Crippen molar-refractivity contribution in [2.75, 3.05) is 18.1 Å². The van der Waals surface area contributed by atoms with E-state index in [0.717, 1.165) is 24.2 Å². The van der Waals surface area contributed by atoms with E-state index in [9.17, 15) is 9.59 Å². The number of ether oxygens (including phenoxy) is 1. The molecule has 0 saturated carbocycles. The molecule has 1 heterocycles. The topological polar surface area (TPSA) is 82.4 Å². The molecule has 1 N–H and O–H groups in total. The lowest BCUT2D eigenvalue weighted by molar-refractivity contribution is -0.123. The minimum atomic E-state index is -0.244. The Morgan fingerprint density at radius 1 is 1.23 bits per heavy atom. The molecule has 2 aromatic rings. The molecule has 6 nitrogen and oxygen atoms in total. The normalized spacial score (nSPS) is 13.3. The van der Waals surface area contributed by atoms with E-state index in [4.69, 9.17) is 10.00 Å². The van der Waals surface area contributed by atoms with Crippen LogP contribution in [0.2, 0.25) is 0 Å². The molecule has 2 amide bonds. The minimum absolute atomic E-state index is 0.0973. The van der Waals surface area contributed by atoms with Crippen molar-refractivity contribution in [3.8, 4) is 11.8 Å². The fourth-order valence-corrected chi connectivity index (χ4v) is 2.79. The number of anilines is 1. The van der Waals surface area contributed by atoms with E-state index in [2.05, 4.69) is 11.4 Å². The second-order valence-corrected chi connectivity index (χ2v) is 6.02. The number of carbonyl (C=O) groups is 2. The van der Waals surface area contributed by atoms with Crippen LogP contribution in [0.5, 0.6) is 5.75 Å². The maximum Gasteiger partial charge on any atom is 0.258 e. The zero-order valence-corrected chi connectivity index (χ0v) is 14.3. The first kappa shape index (κ1) is 17.5. The molecule has 0 spiro atoms. The lowest BCUT2D eigenvalue weighted by atomic mass is 10.1. The van der Waals surface area contributed by atoms with Crippen LogP contribution in [0.25, 0.3) is 0 Å². The van der Waals surface area contributed by atoms with Gasteiger partial charge in [0, 0.05) is 25.2 Å². The minimum Gasteiger partial charge on any atom is -0.484 e. The maximum absolute atomic E-state index is 11.9. The number of amides is 2. The fraction of sp³-hybridized carbons (Fsp3) is 0.250. The van der Waals surface area contributed by atoms with Crippen molar-refractivity contribution in [3.63, 3.8) is 0 Å². The van der Waals surface area contributed by atoms with Crippen LogP contribution >= 0.6 is 0 Å². The van der Waals surface area contributed by atoms with Gasteiger partial charge in [-0.25, -0.2) is 0 Å². The molecule has 0 unspecified atom stereocenters. The van der Waals surface area contributed by atoms with E-state index in [-0.39, 0.29) is 18.4 Å². The number of nitrogens with one attached hydrogen (secondary N) is 1. The predicted octanol–water partition coefficient (Wildman–Crippen LogP) is 2.38. The van der Waals surface area contributed by atoms with Crippen LogP contribution in [-0.4, -0.2) is 25.0 Å². The van der Waals surface area contributed by atoms with Crippen molar-refractivity contribution in [1.82, 2.24) is 5.32 Å². The van der Waals surface area contributed by atoms with Crippen molar-refractivity contribution in [2.24, 2.45) is 0 Å². The Kier molecular flexibility index (Phi) is 5.49. The Bertz CT molecular complexity index is 840. The van der Waals surface area contributed by atoms with E-state index >= 15 is 0 Å². The first-order valence-corrected chi connectivity index (χ1v) is 8.45. The Balaban J connectivity index is 1.47. The molecular formula is C20H19N3O3. The highest BCUT2D eigenvalue weighted by molar-refractivity contribution is 5.95. The highest BCUT2D eigenvalue weighted by Crippen LogP contribution is 2.23. The molecule has 132 valence electrons. The van der Waals surface area contributed by atoms with Crippen LogP contribution in [0.3, 0.4) is 0 Å². The zero-order valence-electron chi connectivity index (χ0n) is 14.3. The summed E-state index contributed by atoms with van der Waals surface area (Å²) in [6.45, 7) is 0.988. The van der Waals surface area contributed by atoms with E-state index in [1.807, 2.05) is 18.2 Å². The summed E-state index contributed by atoms with van der Waals surface area (Å²) < 4.78 is 5.48. The molecule has 0 bridgehead atoms. The van der Waals surface area contributed by atoms with Crippen LogP contribution < -0.4 is 15.0 Å². The van der Waals surface area contributed by atoms with Crippen molar-refractivity contribution >= 4 is 17.5 Å². The lowest BCUT2D eigenvalue weighted by Crippen LogP contribution is -2.28. The summed E-state index contributed by atoms with van der Waals surface area (Å²) >= 11 is 0. The number of hydrogen-bond acceptors (Lipinski definition) is 4. The van der Waals surface area contributed by atoms with E-state index < -0.39 is 0 Å². The maximum atomic E-state index is 11.9. The summed E-state index contributed by atoms with van der Waals surface area (Å²) in [6, 6.07) is 16.3. The summed E-state index contributed by atoms with van der Waals surface area (Å²) in [7, 11) is 0. The molecule has 0 aromatic heterocycles. The first-order valence-electron chi connectivity index (χ1n) is 8.45. The molecule has 6 heteroatoms. The van der Waals surface area contributed by atoms with Crippen LogP contribution in [0.4, 0.5) is 5.69 Å². The third-order valence-electron chi connectivity index (χ3n) is 4.14. The summed E-state index contributed by atoms with van der Waals surface area (Å²) in [4.78, 5) is 25.4. The fourth-order valence-electron chi connectivity index (χ4n) is 2.79. The molecule has 2 aromatic carbocycles. The first-order chi connectivity index (χ1) is 12.7. The average molecular weight is 349 g/mol. The summed E-state index contributed by atoms with van der Waals surface area (Å²) in [5.74, 6) is 0.465. The number of rotatable bonds is 6. The van der Waals surface area contributed by atoms with Crippen molar-refractivity contribution in [1.29, 1.82) is 5.26 Å². The Morgan fingerprint density at radius 2 is 2.04 bits per heavy atom. The van der Waals surface area contributed by atoms with Gasteiger partial charge in [0.2, 0.25) is 5.91 Å². The molecular weight excluding hydrogens is 330 g/mol. The van der Waals surface area contributed by atoms with Crippen molar-refractivity contribution in [2.45, 2.75) is 19.4 Å². The number of hydrogen-bond donors (Lipinski definition) is 1. The van der Waals surface area contributed by atoms with Gasteiger partial charge in [0.25, 0.3) is 5.91 Å². The molecule has 1 aliphatic rings. The Morgan fingerprint density at radius 3 is 2.73 bits per heavy atom. The van der Waals surface area contributed by atoms with Gasteiger partial charge < -0.3 is 15.0 Å². The van der Waals surface area contributed by atoms with Gasteiger partial charge in [0.05, 0.1) is 11.6 Å². The lowest BCUT2D eigenvalue weighted by Gasteiger charge is -2.16. The molecule has 0 aliphatic carbocycles. The second-order valence-electron chi connectivity index (χ2n) is 6.02. The highest BCUT2D eigenvalue weighted by atomic mass is 16.5. The number of nitriles is 1.